The molecular formula is C10H10N4O. The van der Waals surface area contributed by atoms with Crippen LogP contribution >= 0.6 is 0 Å². The molecule has 0 spiro atoms. The molecule has 0 saturated heterocycles. The molecule has 76 valence electrons. The molecule has 0 fully saturated rings. The third-order valence-corrected chi connectivity index (χ3v) is 1.97. The number of carbonyl (C=O) groups is 1. The average molecular weight is 202 g/mol. The Balaban J connectivity index is 2.11. The lowest BCUT2D eigenvalue weighted by Gasteiger charge is -1.96. The third kappa shape index (κ3) is 2.19. The van der Waals surface area contributed by atoms with E-state index in [4.69, 9.17) is 5.73 Å². The van der Waals surface area contributed by atoms with Crippen LogP contribution in [0.5, 0.6) is 0 Å². The summed E-state index contributed by atoms with van der Waals surface area (Å²) in [6.07, 6.45) is 0.189. The number of rotatable bonds is 3. The number of ketones is 1. The smallest absolute Gasteiger partial charge is 0.239 e. The van der Waals surface area contributed by atoms with Gasteiger partial charge in [-0.3, -0.25) is 9.89 Å². The van der Waals surface area contributed by atoms with E-state index in [9.17, 15) is 4.79 Å². The topological polar surface area (TPSA) is 84.7 Å². The fraction of sp³-hybridized carbons (Fsp3) is 0.100. The zero-order valence-corrected chi connectivity index (χ0v) is 7.97. The maximum absolute atomic E-state index is 11.7. The Bertz CT molecular complexity index is 463. The van der Waals surface area contributed by atoms with Gasteiger partial charge in [0.15, 0.2) is 5.78 Å². The maximum Gasteiger partial charge on any atom is 0.239 e. The van der Waals surface area contributed by atoms with Gasteiger partial charge in [-0.1, -0.05) is 30.3 Å². The highest BCUT2D eigenvalue weighted by Gasteiger charge is 2.08. The van der Waals surface area contributed by atoms with Crippen molar-refractivity contribution in [3.05, 3.63) is 41.7 Å². The molecule has 0 aliphatic carbocycles. The molecule has 1 heterocycles. The van der Waals surface area contributed by atoms with E-state index >= 15 is 0 Å². The minimum Gasteiger partial charge on any atom is -0.367 e. The number of Topliss-reactive ketones (excluding diaryl/α,β-unsaturated/α-hetero) is 1. The third-order valence-electron chi connectivity index (χ3n) is 1.97. The highest BCUT2D eigenvalue weighted by atomic mass is 16.1. The Morgan fingerprint density at radius 1 is 1.33 bits per heavy atom. The molecule has 5 heteroatoms. The van der Waals surface area contributed by atoms with Gasteiger partial charge in [0.25, 0.3) is 0 Å². The summed E-state index contributed by atoms with van der Waals surface area (Å²) in [5, 5.41) is 6.25. The van der Waals surface area contributed by atoms with Crippen molar-refractivity contribution in [2.45, 2.75) is 6.42 Å². The maximum atomic E-state index is 11.7. The molecule has 0 unspecified atom stereocenters. The molecule has 5 nitrogen and oxygen atoms in total. The number of carbonyl (C=O) groups excluding carboxylic acids is 1. The summed E-state index contributed by atoms with van der Waals surface area (Å²) in [4.78, 5) is 15.6. The predicted molar refractivity (Wildman–Crippen MR) is 55.3 cm³/mol. The number of hydrogen-bond acceptors (Lipinski definition) is 4. The highest BCUT2D eigenvalue weighted by molar-refractivity contribution is 5.97. The molecule has 0 amide bonds. The first-order valence-corrected chi connectivity index (χ1v) is 4.51. The Morgan fingerprint density at radius 3 is 2.67 bits per heavy atom. The molecule has 3 N–H and O–H groups in total. The van der Waals surface area contributed by atoms with Crippen LogP contribution < -0.4 is 5.73 Å². The molecule has 1 aromatic heterocycles. The van der Waals surface area contributed by atoms with Crippen LogP contribution in [-0.4, -0.2) is 21.0 Å². The van der Waals surface area contributed by atoms with Gasteiger partial charge in [0.2, 0.25) is 5.95 Å². The van der Waals surface area contributed by atoms with E-state index in [0.717, 1.165) is 0 Å². The van der Waals surface area contributed by atoms with E-state index in [-0.39, 0.29) is 18.2 Å². The molecule has 0 atom stereocenters. The minimum absolute atomic E-state index is 0.00764. The molecular weight excluding hydrogens is 192 g/mol. The lowest BCUT2D eigenvalue weighted by atomic mass is 10.1. The van der Waals surface area contributed by atoms with Gasteiger partial charge in [-0.15, -0.1) is 5.10 Å². The van der Waals surface area contributed by atoms with Crippen molar-refractivity contribution in [2.75, 3.05) is 5.73 Å². The summed E-state index contributed by atoms with van der Waals surface area (Å²) >= 11 is 0. The zero-order chi connectivity index (χ0) is 10.7. The molecule has 2 aromatic rings. The molecule has 1 aromatic carbocycles. The SMILES string of the molecule is Nc1n[nH]c(CC(=O)c2ccccc2)n1. The van der Waals surface area contributed by atoms with Crippen LogP contribution in [0.2, 0.25) is 0 Å². The van der Waals surface area contributed by atoms with Gasteiger partial charge in [0.05, 0.1) is 6.42 Å². The molecule has 0 saturated carbocycles. The number of nitrogens with one attached hydrogen (secondary N) is 1. The summed E-state index contributed by atoms with van der Waals surface area (Å²) in [6, 6.07) is 9.04. The molecule has 0 aliphatic heterocycles. The number of anilines is 1. The van der Waals surface area contributed by atoms with E-state index in [1.165, 1.54) is 0 Å². The van der Waals surface area contributed by atoms with Crippen LogP contribution in [0.4, 0.5) is 5.95 Å². The van der Waals surface area contributed by atoms with Crippen molar-refractivity contribution in [1.82, 2.24) is 15.2 Å². The van der Waals surface area contributed by atoms with Crippen LogP contribution in [0.1, 0.15) is 16.2 Å². The fourth-order valence-corrected chi connectivity index (χ4v) is 1.27. The van der Waals surface area contributed by atoms with E-state index in [1.807, 2.05) is 18.2 Å². The second-order valence-electron chi connectivity index (χ2n) is 3.11. The van der Waals surface area contributed by atoms with Gasteiger partial charge in [-0.05, 0) is 0 Å². The summed E-state index contributed by atoms with van der Waals surface area (Å²) in [6.45, 7) is 0. The number of benzene rings is 1. The first-order valence-electron chi connectivity index (χ1n) is 4.51. The Morgan fingerprint density at radius 2 is 2.07 bits per heavy atom. The first-order chi connectivity index (χ1) is 7.25. The van der Waals surface area contributed by atoms with Crippen LogP contribution in [0, 0.1) is 0 Å². The van der Waals surface area contributed by atoms with Gasteiger partial charge in [0, 0.05) is 5.56 Å². The summed E-state index contributed by atoms with van der Waals surface area (Å²) < 4.78 is 0. The number of aromatic nitrogens is 3. The van der Waals surface area contributed by atoms with E-state index in [2.05, 4.69) is 15.2 Å². The number of nitrogens with two attached hydrogens (primary N) is 1. The van der Waals surface area contributed by atoms with Crippen LogP contribution in [-0.2, 0) is 6.42 Å². The number of hydrogen-bond donors (Lipinski definition) is 2. The van der Waals surface area contributed by atoms with Crippen LogP contribution in [0.15, 0.2) is 30.3 Å². The van der Waals surface area contributed by atoms with Crippen LogP contribution in [0.3, 0.4) is 0 Å². The largest absolute Gasteiger partial charge is 0.367 e. The zero-order valence-electron chi connectivity index (χ0n) is 7.97. The Labute approximate surface area is 86.3 Å². The number of nitrogen functional groups attached to an aromatic ring is 1. The van der Waals surface area contributed by atoms with Crippen LogP contribution in [0.25, 0.3) is 0 Å². The highest BCUT2D eigenvalue weighted by Crippen LogP contribution is 2.04. The van der Waals surface area contributed by atoms with Crippen molar-refractivity contribution < 1.29 is 4.79 Å². The molecule has 0 aliphatic rings. The number of nitrogens with zero attached hydrogens (tertiary/aromatic N) is 2. The van der Waals surface area contributed by atoms with Gasteiger partial charge in [-0.2, -0.15) is 4.98 Å². The van der Waals surface area contributed by atoms with Crippen molar-refractivity contribution in [3.63, 3.8) is 0 Å². The lowest BCUT2D eigenvalue weighted by molar-refractivity contribution is 0.0991. The Kier molecular flexibility index (Phi) is 2.45. The van der Waals surface area contributed by atoms with Crippen molar-refractivity contribution in [3.8, 4) is 0 Å². The minimum atomic E-state index is -0.00764. The average Bonchev–Trinajstić information content (AvgIpc) is 2.65. The molecule has 15 heavy (non-hydrogen) atoms. The molecule has 2 rings (SSSR count). The lowest BCUT2D eigenvalue weighted by Crippen LogP contribution is -2.04. The molecule has 0 radical (unpaired) electrons. The van der Waals surface area contributed by atoms with Gasteiger partial charge in [-0.25, -0.2) is 0 Å². The first kappa shape index (κ1) is 9.39. The van der Waals surface area contributed by atoms with E-state index in [0.29, 0.717) is 11.4 Å². The van der Waals surface area contributed by atoms with Crippen molar-refractivity contribution in [1.29, 1.82) is 0 Å². The standard InChI is InChI=1S/C10H10N4O/c11-10-12-9(13-14-10)6-8(15)7-4-2-1-3-5-7/h1-5H,6H2,(H3,11,12,13,14). The summed E-state index contributed by atoms with van der Waals surface area (Å²) in [5.74, 6) is 0.638. The van der Waals surface area contributed by atoms with Gasteiger partial charge < -0.3 is 5.73 Å². The summed E-state index contributed by atoms with van der Waals surface area (Å²) in [5.41, 5.74) is 5.99. The second kappa shape index (κ2) is 3.91. The predicted octanol–water partition coefficient (Wildman–Crippen LogP) is 0.812. The number of H-pyrrole nitrogens is 1. The Hall–Kier alpha value is -2.17. The van der Waals surface area contributed by atoms with E-state index < -0.39 is 0 Å². The fourth-order valence-electron chi connectivity index (χ4n) is 1.27. The summed E-state index contributed by atoms with van der Waals surface area (Å²) in [7, 11) is 0. The van der Waals surface area contributed by atoms with Gasteiger partial charge >= 0.3 is 0 Å². The normalized spacial score (nSPS) is 10.1. The molecule has 0 bridgehead atoms. The quantitative estimate of drug-likeness (QED) is 0.721. The number of aromatic amines is 1. The van der Waals surface area contributed by atoms with Gasteiger partial charge in [0.1, 0.15) is 5.82 Å². The van der Waals surface area contributed by atoms with Crippen molar-refractivity contribution in [2.24, 2.45) is 0 Å². The monoisotopic (exact) mass is 202 g/mol. The van der Waals surface area contributed by atoms with Crippen molar-refractivity contribution >= 4 is 11.7 Å². The van der Waals surface area contributed by atoms with E-state index in [1.54, 1.807) is 12.1 Å². The second-order valence-corrected chi connectivity index (χ2v) is 3.11.